The van der Waals surface area contributed by atoms with Gasteiger partial charge in [-0.2, -0.15) is 18.4 Å². The lowest BCUT2D eigenvalue weighted by atomic mass is 10.2. The largest absolute Gasteiger partial charge is 0.331 e. The summed E-state index contributed by atoms with van der Waals surface area (Å²) in [7, 11) is -1.75. The standard InChI is InChI=1S/C15H15N3O2S/c1-18-14-10-6-5-7-12(14)11-15(18)16-17-21(19,20)13-8-3-2-4-9-13/h2-10,17H,11H2,1H3/b16-15+. The van der Waals surface area contributed by atoms with Crippen LogP contribution in [0.2, 0.25) is 0 Å². The Bertz CT molecular complexity index is 786. The number of hydrazone groups is 1. The van der Waals surface area contributed by atoms with E-state index in [-0.39, 0.29) is 4.90 Å². The molecule has 0 spiro atoms. The maximum absolute atomic E-state index is 12.1. The molecule has 2 aromatic rings. The number of rotatable bonds is 3. The van der Waals surface area contributed by atoms with E-state index in [0.29, 0.717) is 12.3 Å². The van der Waals surface area contributed by atoms with Crippen LogP contribution in [0.4, 0.5) is 5.69 Å². The second-order valence-corrected chi connectivity index (χ2v) is 6.46. The van der Waals surface area contributed by atoms with Gasteiger partial charge >= 0.3 is 0 Å². The molecule has 0 bridgehead atoms. The first-order chi connectivity index (χ1) is 10.1. The molecule has 21 heavy (non-hydrogen) atoms. The van der Waals surface area contributed by atoms with Gasteiger partial charge in [0.25, 0.3) is 10.0 Å². The molecule has 0 saturated heterocycles. The molecule has 108 valence electrons. The van der Waals surface area contributed by atoms with Crippen molar-refractivity contribution in [3.8, 4) is 0 Å². The van der Waals surface area contributed by atoms with Gasteiger partial charge < -0.3 is 4.90 Å². The lowest BCUT2D eigenvalue weighted by Gasteiger charge is -2.13. The lowest BCUT2D eigenvalue weighted by molar-refractivity contribution is 0.584. The number of nitrogens with zero attached hydrogens (tertiary/aromatic N) is 2. The maximum Gasteiger partial charge on any atom is 0.276 e. The van der Waals surface area contributed by atoms with Gasteiger partial charge in [-0.1, -0.05) is 36.4 Å². The van der Waals surface area contributed by atoms with Crippen molar-refractivity contribution in [3.63, 3.8) is 0 Å². The van der Waals surface area contributed by atoms with Crippen molar-refractivity contribution in [2.24, 2.45) is 5.10 Å². The van der Waals surface area contributed by atoms with Crippen molar-refractivity contribution >= 4 is 21.5 Å². The molecular weight excluding hydrogens is 286 g/mol. The van der Waals surface area contributed by atoms with Crippen LogP contribution in [0.1, 0.15) is 5.56 Å². The molecule has 0 saturated carbocycles. The molecule has 6 heteroatoms. The Labute approximate surface area is 124 Å². The Balaban J connectivity index is 1.83. The van der Waals surface area contributed by atoms with E-state index in [0.717, 1.165) is 11.3 Å². The summed E-state index contributed by atoms with van der Waals surface area (Å²) >= 11 is 0. The highest BCUT2D eigenvalue weighted by Gasteiger charge is 2.22. The summed E-state index contributed by atoms with van der Waals surface area (Å²) in [5.74, 6) is 0.677. The van der Waals surface area contributed by atoms with Gasteiger partial charge in [0.05, 0.1) is 4.90 Å². The molecule has 0 aromatic heterocycles. The zero-order valence-electron chi connectivity index (χ0n) is 11.5. The maximum atomic E-state index is 12.1. The number of likely N-dealkylation sites (N-methyl/N-ethyl adjacent to an activating group) is 1. The summed E-state index contributed by atoms with van der Waals surface area (Å²) < 4.78 is 24.3. The summed E-state index contributed by atoms with van der Waals surface area (Å²) in [4.78, 5) is 4.39. The van der Waals surface area contributed by atoms with E-state index in [1.54, 1.807) is 18.2 Å². The van der Waals surface area contributed by atoms with Crippen LogP contribution in [0.25, 0.3) is 0 Å². The molecule has 0 amide bonds. The summed E-state index contributed by atoms with van der Waals surface area (Å²) in [5.41, 5.74) is 2.19. The zero-order chi connectivity index (χ0) is 14.9. The van der Waals surface area contributed by atoms with Crippen molar-refractivity contribution in [2.45, 2.75) is 11.3 Å². The van der Waals surface area contributed by atoms with Crippen LogP contribution in [0.15, 0.2) is 64.6 Å². The molecule has 0 fully saturated rings. The summed E-state index contributed by atoms with van der Waals surface area (Å²) in [5, 5.41) is 4.07. The van der Waals surface area contributed by atoms with E-state index in [1.807, 2.05) is 36.2 Å². The minimum atomic E-state index is -3.62. The fourth-order valence-corrected chi connectivity index (χ4v) is 3.14. The number of anilines is 1. The summed E-state index contributed by atoms with van der Waals surface area (Å²) in [6, 6.07) is 16.1. The van der Waals surface area contributed by atoms with Crippen molar-refractivity contribution in [2.75, 3.05) is 11.9 Å². The van der Waals surface area contributed by atoms with E-state index in [2.05, 4.69) is 9.93 Å². The normalized spacial score (nSPS) is 16.0. The van der Waals surface area contributed by atoms with Gasteiger partial charge in [0.15, 0.2) is 0 Å². The third kappa shape index (κ3) is 2.62. The number of hydrogen-bond donors (Lipinski definition) is 1. The predicted octanol–water partition coefficient (Wildman–Crippen LogP) is 1.97. The molecule has 0 atom stereocenters. The third-order valence-electron chi connectivity index (χ3n) is 3.44. The molecule has 1 aliphatic heterocycles. The zero-order valence-corrected chi connectivity index (χ0v) is 12.3. The van der Waals surface area contributed by atoms with Crippen LogP contribution < -0.4 is 9.73 Å². The Morgan fingerprint density at radius 1 is 1.05 bits per heavy atom. The first-order valence-corrected chi connectivity index (χ1v) is 8.01. The minimum absolute atomic E-state index is 0.201. The van der Waals surface area contributed by atoms with Crippen molar-refractivity contribution in [3.05, 3.63) is 60.2 Å². The number of hydrogen-bond acceptors (Lipinski definition) is 3. The number of amidine groups is 1. The van der Waals surface area contributed by atoms with Crippen LogP contribution in [-0.2, 0) is 16.4 Å². The average molecular weight is 301 g/mol. The van der Waals surface area contributed by atoms with Crippen LogP contribution >= 0.6 is 0 Å². The van der Waals surface area contributed by atoms with Crippen LogP contribution in [0, 0.1) is 0 Å². The molecule has 3 rings (SSSR count). The SMILES string of the molecule is CN1/C(=N/NS(=O)(=O)c2ccccc2)Cc2ccccc21. The Kier molecular flexibility index (Phi) is 3.39. The Morgan fingerprint density at radius 2 is 1.71 bits per heavy atom. The van der Waals surface area contributed by atoms with Crippen LogP contribution in [0.5, 0.6) is 0 Å². The molecule has 0 unspecified atom stereocenters. The monoisotopic (exact) mass is 301 g/mol. The van der Waals surface area contributed by atoms with Gasteiger partial charge in [0.2, 0.25) is 0 Å². The lowest BCUT2D eigenvalue weighted by Crippen LogP contribution is -2.27. The minimum Gasteiger partial charge on any atom is -0.331 e. The molecule has 1 N–H and O–H groups in total. The van der Waals surface area contributed by atoms with Gasteiger partial charge in [-0.25, -0.2) is 0 Å². The van der Waals surface area contributed by atoms with Gasteiger partial charge in [0, 0.05) is 19.2 Å². The smallest absolute Gasteiger partial charge is 0.276 e. The predicted molar refractivity (Wildman–Crippen MR) is 82.7 cm³/mol. The third-order valence-corrected chi connectivity index (χ3v) is 4.66. The number of nitrogens with one attached hydrogen (secondary N) is 1. The Morgan fingerprint density at radius 3 is 2.43 bits per heavy atom. The van der Waals surface area contributed by atoms with E-state index >= 15 is 0 Å². The number of para-hydroxylation sites is 1. The van der Waals surface area contributed by atoms with E-state index in [9.17, 15) is 8.42 Å². The number of benzene rings is 2. The fourth-order valence-electron chi connectivity index (χ4n) is 2.30. The van der Waals surface area contributed by atoms with E-state index in [1.165, 1.54) is 12.1 Å². The van der Waals surface area contributed by atoms with Gasteiger partial charge in [0.1, 0.15) is 5.84 Å². The van der Waals surface area contributed by atoms with Gasteiger partial charge in [-0.05, 0) is 23.8 Å². The first kappa shape index (κ1) is 13.6. The van der Waals surface area contributed by atoms with Gasteiger partial charge in [-0.3, -0.25) is 0 Å². The summed E-state index contributed by atoms with van der Waals surface area (Å²) in [6.45, 7) is 0. The first-order valence-electron chi connectivity index (χ1n) is 6.53. The molecular formula is C15H15N3O2S. The highest BCUT2D eigenvalue weighted by atomic mass is 32.2. The van der Waals surface area contributed by atoms with Crippen molar-refractivity contribution in [1.29, 1.82) is 0 Å². The highest BCUT2D eigenvalue weighted by Crippen LogP contribution is 2.27. The average Bonchev–Trinajstić information content (AvgIpc) is 2.83. The number of fused-ring (bicyclic) bond motifs is 1. The molecule has 1 aliphatic rings. The van der Waals surface area contributed by atoms with Crippen LogP contribution in [0.3, 0.4) is 0 Å². The molecule has 0 radical (unpaired) electrons. The second-order valence-electron chi connectivity index (χ2n) is 4.80. The summed E-state index contributed by atoms with van der Waals surface area (Å²) in [6.07, 6.45) is 0.615. The van der Waals surface area contributed by atoms with Crippen molar-refractivity contribution in [1.82, 2.24) is 4.83 Å². The molecule has 5 nitrogen and oxygen atoms in total. The Hall–Kier alpha value is -2.34. The quantitative estimate of drug-likeness (QED) is 0.882. The van der Waals surface area contributed by atoms with Crippen molar-refractivity contribution < 1.29 is 8.42 Å². The molecule has 2 aromatic carbocycles. The van der Waals surface area contributed by atoms with Gasteiger partial charge in [-0.15, -0.1) is 0 Å². The molecule has 0 aliphatic carbocycles. The fraction of sp³-hybridized carbons (Fsp3) is 0.133. The number of sulfonamides is 1. The van der Waals surface area contributed by atoms with E-state index in [4.69, 9.17) is 0 Å². The topological polar surface area (TPSA) is 61.8 Å². The second kappa shape index (κ2) is 5.21. The molecule has 1 heterocycles. The highest BCUT2D eigenvalue weighted by molar-refractivity contribution is 7.89. The van der Waals surface area contributed by atoms with Crippen LogP contribution in [-0.4, -0.2) is 21.3 Å². The van der Waals surface area contributed by atoms with E-state index < -0.39 is 10.0 Å².